The van der Waals surface area contributed by atoms with Gasteiger partial charge in [-0.3, -0.25) is 9.00 Å². The lowest BCUT2D eigenvalue weighted by Crippen LogP contribution is -2.14. The minimum Gasteiger partial charge on any atom is -0.397 e. The van der Waals surface area contributed by atoms with Crippen LogP contribution in [0.15, 0.2) is 77.1 Å². The van der Waals surface area contributed by atoms with Crippen molar-refractivity contribution in [2.75, 3.05) is 11.1 Å². The van der Waals surface area contributed by atoms with E-state index in [9.17, 15) is 9.00 Å². The van der Waals surface area contributed by atoms with Gasteiger partial charge in [0.1, 0.15) is 5.88 Å². The fourth-order valence-corrected chi connectivity index (χ4v) is 4.38. The van der Waals surface area contributed by atoms with Gasteiger partial charge in [0.15, 0.2) is 5.69 Å². The number of nitrogens with two attached hydrogens (primary N) is 1. The second-order valence-corrected chi connectivity index (χ2v) is 8.53. The molecule has 2 aromatic heterocycles. The third-order valence-corrected chi connectivity index (χ3v) is 6.35. The van der Waals surface area contributed by atoms with Crippen molar-refractivity contribution < 1.29 is 9.00 Å². The summed E-state index contributed by atoms with van der Waals surface area (Å²) in [5, 5.41) is 12.6. The second-order valence-electron chi connectivity index (χ2n) is 6.16. The van der Waals surface area contributed by atoms with Gasteiger partial charge in [-0.15, -0.1) is 16.4 Å². The van der Waals surface area contributed by atoms with E-state index < -0.39 is 16.7 Å². The van der Waals surface area contributed by atoms with Crippen LogP contribution in [-0.2, 0) is 16.7 Å². The van der Waals surface area contributed by atoms with E-state index in [0.717, 1.165) is 10.4 Å². The van der Waals surface area contributed by atoms with E-state index in [4.69, 9.17) is 5.73 Å². The molecular formula is C20H17N5O2S2. The number of aromatic nitrogens is 3. The molecule has 9 heteroatoms. The number of thiophene rings is 1. The number of hydrogen-bond donors (Lipinski definition) is 2. The summed E-state index contributed by atoms with van der Waals surface area (Å²) in [5.74, 6) is -0.322. The van der Waals surface area contributed by atoms with Gasteiger partial charge in [0.05, 0.1) is 28.4 Å². The molecule has 0 aliphatic rings. The summed E-state index contributed by atoms with van der Waals surface area (Å²) in [7, 11) is -1.29. The summed E-state index contributed by atoms with van der Waals surface area (Å²) in [4.78, 5) is 14.3. The van der Waals surface area contributed by atoms with Gasteiger partial charge in [0.25, 0.3) is 5.91 Å². The number of anilines is 2. The first-order chi connectivity index (χ1) is 14.1. The Hall–Kier alpha value is -3.30. The van der Waals surface area contributed by atoms with Crippen LogP contribution in [0.3, 0.4) is 0 Å². The molecule has 0 fully saturated rings. The number of carbonyl (C=O) groups excluding carboxylic acids is 1. The molecule has 4 rings (SSSR count). The van der Waals surface area contributed by atoms with Gasteiger partial charge in [0, 0.05) is 9.77 Å². The van der Waals surface area contributed by atoms with Crippen molar-refractivity contribution in [3.63, 3.8) is 0 Å². The van der Waals surface area contributed by atoms with Gasteiger partial charge in [0.2, 0.25) is 0 Å². The van der Waals surface area contributed by atoms with E-state index in [2.05, 4.69) is 15.6 Å². The van der Waals surface area contributed by atoms with Crippen molar-refractivity contribution >= 4 is 39.4 Å². The van der Waals surface area contributed by atoms with Crippen LogP contribution in [0.25, 0.3) is 10.4 Å². The molecule has 0 radical (unpaired) electrons. The Balaban J connectivity index is 1.47. The molecule has 3 N–H and O–H groups in total. The molecule has 29 heavy (non-hydrogen) atoms. The maximum Gasteiger partial charge on any atom is 0.277 e. The van der Waals surface area contributed by atoms with Gasteiger partial charge in [-0.1, -0.05) is 35.5 Å². The lowest BCUT2D eigenvalue weighted by molar-refractivity contribution is 0.102. The number of nitrogens with zero attached hydrogens (tertiary/aromatic N) is 3. The largest absolute Gasteiger partial charge is 0.397 e. The molecule has 0 spiro atoms. The number of nitrogen functional groups attached to an aromatic ring is 1. The molecule has 0 aliphatic heterocycles. The van der Waals surface area contributed by atoms with Crippen LogP contribution in [0.2, 0.25) is 0 Å². The molecule has 146 valence electrons. The highest BCUT2D eigenvalue weighted by Gasteiger charge is 2.15. The van der Waals surface area contributed by atoms with Crippen molar-refractivity contribution in [2.45, 2.75) is 10.8 Å². The Labute approximate surface area is 173 Å². The second kappa shape index (κ2) is 8.38. The number of benzene rings is 2. The number of carbonyl (C=O) groups is 1. The summed E-state index contributed by atoms with van der Waals surface area (Å²) in [6.45, 7) is 0. The van der Waals surface area contributed by atoms with E-state index in [1.807, 2.05) is 47.8 Å². The van der Waals surface area contributed by atoms with Gasteiger partial charge in [-0.25, -0.2) is 4.68 Å². The van der Waals surface area contributed by atoms with E-state index in [1.54, 1.807) is 29.5 Å². The lowest BCUT2D eigenvalue weighted by atomic mass is 10.1. The number of hydrogen-bond acceptors (Lipinski definition) is 6. The number of amides is 1. The van der Waals surface area contributed by atoms with Crippen LogP contribution in [0.4, 0.5) is 11.4 Å². The van der Waals surface area contributed by atoms with Gasteiger partial charge in [-0.05, 0) is 41.3 Å². The highest BCUT2D eigenvalue weighted by Crippen LogP contribution is 2.30. The average Bonchev–Trinajstić information content (AvgIpc) is 3.42. The average molecular weight is 424 g/mol. The molecule has 0 saturated heterocycles. The van der Waals surface area contributed by atoms with Crippen molar-refractivity contribution in [2.24, 2.45) is 0 Å². The predicted molar refractivity (Wildman–Crippen MR) is 115 cm³/mol. The first-order valence-corrected chi connectivity index (χ1v) is 10.9. The Bertz CT molecular complexity index is 1160. The maximum atomic E-state index is 12.6. The summed E-state index contributed by atoms with van der Waals surface area (Å²) < 4.78 is 13.8. The smallest absolute Gasteiger partial charge is 0.277 e. The zero-order chi connectivity index (χ0) is 20.2. The summed E-state index contributed by atoms with van der Waals surface area (Å²) >= 11 is 1.60. The molecule has 0 saturated carbocycles. The molecule has 0 aliphatic carbocycles. The predicted octanol–water partition coefficient (Wildman–Crippen LogP) is 3.61. The zero-order valence-corrected chi connectivity index (χ0v) is 16.8. The van der Waals surface area contributed by atoms with Gasteiger partial charge < -0.3 is 11.1 Å². The van der Waals surface area contributed by atoms with Crippen molar-refractivity contribution in [3.8, 4) is 10.4 Å². The number of nitrogens with one attached hydrogen (secondary N) is 1. The van der Waals surface area contributed by atoms with E-state index >= 15 is 0 Å². The first kappa shape index (κ1) is 19.0. The molecule has 1 amide bonds. The standard InChI is InChI=1S/C20H17N5O2S2/c21-16-9-8-14(19-7-4-10-28-19)11-17(16)22-20(26)18-12-25(24-23-18)13-29(27)15-5-2-1-3-6-15/h1-12H,13,21H2,(H,22,26). The molecule has 1 atom stereocenters. The minimum atomic E-state index is -1.29. The SMILES string of the molecule is Nc1ccc(-c2cccs2)cc1NC(=O)c1cn(CS(=O)c2ccccc2)nn1. The van der Waals surface area contributed by atoms with Crippen LogP contribution >= 0.6 is 11.3 Å². The Morgan fingerprint density at radius 3 is 2.72 bits per heavy atom. The topological polar surface area (TPSA) is 103 Å². The van der Waals surface area contributed by atoms with Crippen LogP contribution in [0.1, 0.15) is 10.5 Å². The quantitative estimate of drug-likeness (QED) is 0.461. The Morgan fingerprint density at radius 2 is 1.97 bits per heavy atom. The van der Waals surface area contributed by atoms with E-state index in [-0.39, 0.29) is 11.6 Å². The monoisotopic (exact) mass is 423 g/mol. The van der Waals surface area contributed by atoms with Crippen molar-refractivity contribution in [1.29, 1.82) is 0 Å². The third kappa shape index (κ3) is 4.41. The molecule has 2 heterocycles. The van der Waals surface area contributed by atoms with Crippen molar-refractivity contribution in [1.82, 2.24) is 15.0 Å². The molecule has 7 nitrogen and oxygen atoms in total. The molecule has 4 aromatic rings. The van der Waals surface area contributed by atoms with Crippen LogP contribution in [0, 0.1) is 0 Å². The molecule has 1 unspecified atom stereocenters. The summed E-state index contributed by atoms with van der Waals surface area (Å²) in [6, 6.07) is 18.5. The van der Waals surface area contributed by atoms with E-state index in [0.29, 0.717) is 16.3 Å². The molecular weight excluding hydrogens is 406 g/mol. The number of rotatable bonds is 6. The summed E-state index contributed by atoms with van der Waals surface area (Å²) in [6.07, 6.45) is 1.47. The van der Waals surface area contributed by atoms with Crippen molar-refractivity contribution in [3.05, 3.63) is 77.9 Å². The fourth-order valence-electron chi connectivity index (χ4n) is 2.68. The van der Waals surface area contributed by atoms with Crippen LogP contribution < -0.4 is 11.1 Å². The maximum absolute atomic E-state index is 12.6. The molecule has 2 aromatic carbocycles. The molecule has 0 bridgehead atoms. The van der Waals surface area contributed by atoms with Gasteiger partial charge in [-0.2, -0.15) is 0 Å². The lowest BCUT2D eigenvalue weighted by Gasteiger charge is -2.08. The van der Waals surface area contributed by atoms with Crippen LogP contribution in [-0.4, -0.2) is 25.1 Å². The summed E-state index contributed by atoms with van der Waals surface area (Å²) in [5.41, 5.74) is 8.06. The first-order valence-electron chi connectivity index (χ1n) is 8.68. The highest BCUT2D eigenvalue weighted by atomic mass is 32.2. The van der Waals surface area contributed by atoms with Crippen LogP contribution in [0.5, 0.6) is 0 Å². The third-order valence-electron chi connectivity index (χ3n) is 4.13. The zero-order valence-electron chi connectivity index (χ0n) is 15.2. The van der Waals surface area contributed by atoms with E-state index in [1.165, 1.54) is 10.9 Å². The highest BCUT2D eigenvalue weighted by molar-refractivity contribution is 7.84. The minimum absolute atomic E-state index is 0.111. The Kier molecular flexibility index (Phi) is 5.50. The Morgan fingerprint density at radius 1 is 1.14 bits per heavy atom. The normalized spacial score (nSPS) is 11.9. The fraction of sp³-hybridized carbons (Fsp3) is 0.0500. The van der Waals surface area contributed by atoms with Gasteiger partial charge >= 0.3 is 0 Å².